The Morgan fingerprint density at radius 3 is 2.39 bits per heavy atom. The van der Waals surface area contributed by atoms with Crippen molar-refractivity contribution in [1.82, 2.24) is 4.90 Å². The number of halogens is 1. The Morgan fingerprint density at radius 1 is 1.18 bits per heavy atom. The standard InChI is InChI=1S/C20H23ClN4O3/c1-3-23-8-10-24(11-9-23)18-13-17(16(21)12-19(18)25(27)28)22-20(26)15-6-4-14(2)5-7-15/h4-7,12-13H,3,8-11H2,1-2H3,(H,22,26). The molecule has 0 aliphatic carbocycles. The van der Waals surface area contributed by atoms with E-state index < -0.39 is 4.92 Å². The molecule has 8 heteroatoms. The molecule has 0 atom stereocenters. The third kappa shape index (κ3) is 4.43. The zero-order chi connectivity index (χ0) is 20.3. The molecule has 1 N–H and O–H groups in total. The van der Waals surface area contributed by atoms with Gasteiger partial charge in [-0.05, 0) is 31.7 Å². The minimum Gasteiger partial charge on any atom is -0.363 e. The number of aryl methyl sites for hydroxylation is 1. The molecule has 0 saturated carbocycles. The Bertz CT molecular complexity index is 878. The number of hydrogen-bond donors (Lipinski definition) is 1. The number of likely N-dealkylation sites (N-methyl/N-ethyl adjacent to an activating group) is 1. The molecule has 1 aliphatic heterocycles. The van der Waals surface area contributed by atoms with Gasteiger partial charge in [-0.2, -0.15) is 0 Å². The predicted octanol–water partition coefficient (Wildman–Crippen LogP) is 3.95. The van der Waals surface area contributed by atoms with Gasteiger partial charge in [0.15, 0.2) is 0 Å². The summed E-state index contributed by atoms with van der Waals surface area (Å²) >= 11 is 6.24. The molecule has 28 heavy (non-hydrogen) atoms. The highest BCUT2D eigenvalue weighted by molar-refractivity contribution is 6.34. The van der Waals surface area contributed by atoms with Gasteiger partial charge in [-0.25, -0.2) is 0 Å². The SMILES string of the molecule is CCN1CCN(c2cc(NC(=O)c3ccc(C)cc3)c(Cl)cc2[N+](=O)[O-])CC1. The molecular weight excluding hydrogens is 380 g/mol. The summed E-state index contributed by atoms with van der Waals surface area (Å²) in [6.07, 6.45) is 0. The highest BCUT2D eigenvalue weighted by Crippen LogP contribution is 2.37. The number of hydrogen-bond acceptors (Lipinski definition) is 5. The summed E-state index contributed by atoms with van der Waals surface area (Å²) in [5.74, 6) is -0.308. The first kappa shape index (κ1) is 20.1. The highest BCUT2D eigenvalue weighted by Gasteiger charge is 2.25. The number of amides is 1. The molecule has 0 spiro atoms. The lowest BCUT2D eigenvalue weighted by atomic mass is 10.1. The minimum absolute atomic E-state index is 0.0525. The molecule has 0 aromatic heterocycles. The summed E-state index contributed by atoms with van der Waals surface area (Å²) < 4.78 is 0. The molecule has 0 unspecified atom stereocenters. The fourth-order valence-electron chi connectivity index (χ4n) is 3.25. The summed E-state index contributed by atoms with van der Waals surface area (Å²) in [6, 6.07) is 10.1. The topological polar surface area (TPSA) is 78.7 Å². The Balaban J connectivity index is 1.88. The average Bonchev–Trinajstić information content (AvgIpc) is 2.69. The van der Waals surface area contributed by atoms with E-state index in [2.05, 4.69) is 17.1 Å². The van der Waals surface area contributed by atoms with Gasteiger partial charge in [-0.15, -0.1) is 0 Å². The summed E-state index contributed by atoms with van der Waals surface area (Å²) in [5.41, 5.74) is 2.34. The van der Waals surface area contributed by atoms with Gasteiger partial charge in [0, 0.05) is 37.8 Å². The van der Waals surface area contributed by atoms with Crippen molar-refractivity contribution >= 4 is 34.6 Å². The van der Waals surface area contributed by atoms with E-state index in [4.69, 9.17) is 11.6 Å². The molecule has 1 amide bonds. The van der Waals surface area contributed by atoms with Crippen molar-refractivity contribution in [3.63, 3.8) is 0 Å². The van der Waals surface area contributed by atoms with Crippen LogP contribution in [0.2, 0.25) is 5.02 Å². The Kier molecular flexibility index (Phi) is 6.16. The smallest absolute Gasteiger partial charge is 0.294 e. The van der Waals surface area contributed by atoms with Crippen LogP contribution in [0.4, 0.5) is 17.1 Å². The summed E-state index contributed by atoms with van der Waals surface area (Å²) in [4.78, 5) is 27.9. The van der Waals surface area contributed by atoms with Gasteiger partial charge >= 0.3 is 0 Å². The van der Waals surface area contributed by atoms with E-state index in [1.807, 2.05) is 24.0 Å². The second kappa shape index (κ2) is 8.58. The normalized spacial score (nSPS) is 14.8. The molecule has 3 rings (SSSR count). The maximum atomic E-state index is 12.5. The van der Waals surface area contributed by atoms with Crippen molar-refractivity contribution in [2.75, 3.05) is 42.9 Å². The number of rotatable bonds is 5. The van der Waals surface area contributed by atoms with Crippen LogP contribution in [0.15, 0.2) is 36.4 Å². The van der Waals surface area contributed by atoms with E-state index in [-0.39, 0.29) is 16.6 Å². The molecule has 7 nitrogen and oxygen atoms in total. The lowest BCUT2D eigenvalue weighted by Crippen LogP contribution is -2.46. The molecule has 0 bridgehead atoms. The fraction of sp³-hybridized carbons (Fsp3) is 0.350. The Morgan fingerprint density at radius 2 is 1.82 bits per heavy atom. The van der Waals surface area contributed by atoms with Gasteiger partial charge in [0.1, 0.15) is 5.69 Å². The van der Waals surface area contributed by atoms with Crippen LogP contribution in [0.1, 0.15) is 22.8 Å². The number of nitrogens with one attached hydrogen (secondary N) is 1. The maximum absolute atomic E-state index is 12.5. The van der Waals surface area contributed by atoms with Crippen LogP contribution in [-0.4, -0.2) is 48.5 Å². The van der Waals surface area contributed by atoms with Gasteiger partial charge in [0.05, 0.1) is 15.6 Å². The van der Waals surface area contributed by atoms with Crippen molar-refractivity contribution in [2.24, 2.45) is 0 Å². The van der Waals surface area contributed by atoms with Crippen molar-refractivity contribution in [3.8, 4) is 0 Å². The van der Waals surface area contributed by atoms with E-state index in [0.717, 1.165) is 25.2 Å². The van der Waals surface area contributed by atoms with Crippen molar-refractivity contribution in [3.05, 3.63) is 62.7 Å². The number of piperazine rings is 1. The molecular formula is C20H23ClN4O3. The average molecular weight is 403 g/mol. The first-order chi connectivity index (χ1) is 13.4. The quantitative estimate of drug-likeness (QED) is 0.605. The number of benzene rings is 2. The van der Waals surface area contributed by atoms with E-state index in [1.54, 1.807) is 18.2 Å². The molecule has 2 aromatic rings. The molecule has 0 radical (unpaired) electrons. The van der Waals surface area contributed by atoms with Crippen LogP contribution in [-0.2, 0) is 0 Å². The Labute approximate surface area is 169 Å². The predicted molar refractivity (Wildman–Crippen MR) is 112 cm³/mol. The number of nitrogens with zero attached hydrogens (tertiary/aromatic N) is 3. The third-order valence-electron chi connectivity index (χ3n) is 4.98. The third-order valence-corrected chi connectivity index (χ3v) is 5.30. The minimum atomic E-state index is -0.432. The summed E-state index contributed by atoms with van der Waals surface area (Å²) in [6.45, 7) is 8.03. The highest BCUT2D eigenvalue weighted by atomic mass is 35.5. The van der Waals surface area contributed by atoms with Crippen LogP contribution in [0.3, 0.4) is 0 Å². The maximum Gasteiger partial charge on any atom is 0.294 e. The van der Waals surface area contributed by atoms with Crippen LogP contribution in [0.25, 0.3) is 0 Å². The first-order valence-corrected chi connectivity index (χ1v) is 9.60. The summed E-state index contributed by atoms with van der Waals surface area (Å²) in [7, 11) is 0. The van der Waals surface area contributed by atoms with E-state index in [1.165, 1.54) is 6.07 Å². The van der Waals surface area contributed by atoms with E-state index in [9.17, 15) is 14.9 Å². The number of nitro groups is 1. The second-order valence-electron chi connectivity index (χ2n) is 6.82. The number of anilines is 2. The molecule has 1 fully saturated rings. The van der Waals surface area contributed by atoms with Crippen molar-refractivity contribution < 1.29 is 9.72 Å². The van der Waals surface area contributed by atoms with Gasteiger partial charge < -0.3 is 15.1 Å². The van der Waals surface area contributed by atoms with Gasteiger partial charge in [-0.3, -0.25) is 14.9 Å². The van der Waals surface area contributed by atoms with Gasteiger partial charge in [0.25, 0.3) is 11.6 Å². The fourth-order valence-corrected chi connectivity index (χ4v) is 3.46. The zero-order valence-corrected chi connectivity index (χ0v) is 16.7. The van der Waals surface area contributed by atoms with E-state index in [0.29, 0.717) is 30.0 Å². The molecule has 148 valence electrons. The largest absolute Gasteiger partial charge is 0.363 e. The molecule has 2 aromatic carbocycles. The molecule has 1 aliphatic rings. The zero-order valence-electron chi connectivity index (χ0n) is 15.9. The van der Waals surface area contributed by atoms with Crippen molar-refractivity contribution in [1.29, 1.82) is 0 Å². The van der Waals surface area contributed by atoms with Crippen LogP contribution < -0.4 is 10.2 Å². The number of carbonyl (C=O) groups is 1. The van der Waals surface area contributed by atoms with Gasteiger partial charge in [0.2, 0.25) is 0 Å². The monoisotopic (exact) mass is 402 g/mol. The molecule has 1 saturated heterocycles. The first-order valence-electron chi connectivity index (χ1n) is 9.22. The Hall–Kier alpha value is -2.64. The summed E-state index contributed by atoms with van der Waals surface area (Å²) in [5, 5.41) is 14.5. The van der Waals surface area contributed by atoms with Crippen LogP contribution >= 0.6 is 11.6 Å². The number of carbonyl (C=O) groups excluding carboxylic acids is 1. The molecule has 1 heterocycles. The van der Waals surface area contributed by atoms with Gasteiger partial charge in [-0.1, -0.05) is 36.2 Å². The lowest BCUT2D eigenvalue weighted by molar-refractivity contribution is -0.384. The van der Waals surface area contributed by atoms with E-state index >= 15 is 0 Å². The van der Waals surface area contributed by atoms with Crippen molar-refractivity contribution in [2.45, 2.75) is 13.8 Å². The van der Waals surface area contributed by atoms with Crippen LogP contribution in [0, 0.1) is 17.0 Å². The number of nitro benzene ring substituents is 1. The lowest BCUT2D eigenvalue weighted by Gasteiger charge is -2.35. The second-order valence-corrected chi connectivity index (χ2v) is 7.23. The van der Waals surface area contributed by atoms with Crippen LogP contribution in [0.5, 0.6) is 0 Å².